The summed E-state index contributed by atoms with van der Waals surface area (Å²) in [6, 6.07) is 6.24. The zero-order chi connectivity index (χ0) is 19.3. The molecule has 2 aliphatic rings. The Kier molecular flexibility index (Phi) is 4.84. The number of aryl methyl sites for hydroxylation is 1. The first kappa shape index (κ1) is 19.2. The number of benzene rings is 1. The molecule has 1 heterocycles. The van der Waals surface area contributed by atoms with Crippen molar-refractivity contribution in [3.8, 4) is 0 Å². The summed E-state index contributed by atoms with van der Waals surface area (Å²) in [5.74, 6) is 0.711. The lowest BCUT2D eigenvalue weighted by molar-refractivity contribution is -0.120. The van der Waals surface area contributed by atoms with Crippen LogP contribution in [0.1, 0.15) is 45.2 Å². The molecular formula is C21H27NO3S. The van der Waals surface area contributed by atoms with Crippen molar-refractivity contribution in [1.82, 2.24) is 0 Å². The highest BCUT2D eigenvalue weighted by molar-refractivity contribution is 8.03. The van der Waals surface area contributed by atoms with Crippen LogP contribution in [0.3, 0.4) is 0 Å². The number of aliphatic hydroxyl groups excluding tert-OH is 1. The number of rotatable bonds is 4. The zero-order valence-corrected chi connectivity index (χ0v) is 16.9. The molecule has 1 unspecified atom stereocenters. The molecule has 140 valence electrons. The van der Waals surface area contributed by atoms with Crippen molar-refractivity contribution in [2.45, 2.75) is 58.1 Å². The van der Waals surface area contributed by atoms with Gasteiger partial charge in [-0.2, -0.15) is 0 Å². The van der Waals surface area contributed by atoms with Crippen LogP contribution >= 0.6 is 11.8 Å². The Balaban J connectivity index is 1.99. The quantitative estimate of drug-likeness (QED) is 0.784. The van der Waals surface area contributed by atoms with E-state index in [0.717, 1.165) is 16.1 Å². The first-order valence-corrected chi connectivity index (χ1v) is 9.70. The number of carbonyl (C=O) groups excluding carboxylic acids is 1. The Bertz CT molecular complexity index is 834. The van der Waals surface area contributed by atoms with Crippen LogP contribution in [0.4, 0.5) is 0 Å². The molecule has 0 radical (unpaired) electrons. The van der Waals surface area contributed by atoms with Crippen molar-refractivity contribution in [3.05, 3.63) is 51.1 Å². The van der Waals surface area contributed by atoms with Crippen LogP contribution in [0, 0.1) is 12.3 Å². The maximum atomic E-state index is 12.8. The van der Waals surface area contributed by atoms with E-state index in [1.54, 1.807) is 18.7 Å². The standard InChI is InChI=1S/C21H27NO3S/c1-12-7-6-8-14-9-15-16(24)10-17(13(2)19(15)26-18(12)14)25-21(5,22)20(3,4)11-23/h6-8,23H,9-11,22H2,1-5H3. The van der Waals surface area contributed by atoms with Crippen LogP contribution in [-0.2, 0) is 16.0 Å². The van der Waals surface area contributed by atoms with Gasteiger partial charge >= 0.3 is 0 Å². The third-order valence-corrected chi connectivity index (χ3v) is 7.17. The number of Topliss-reactive ketones (excluding diaryl/α,β-unsaturated/α-hetero) is 1. The smallest absolute Gasteiger partial charge is 0.167 e. The second-order valence-electron chi connectivity index (χ2n) is 8.05. The molecule has 1 aliphatic heterocycles. The fourth-order valence-corrected chi connectivity index (χ4v) is 4.42. The molecule has 26 heavy (non-hydrogen) atoms. The van der Waals surface area contributed by atoms with E-state index in [1.165, 1.54) is 16.0 Å². The maximum absolute atomic E-state index is 12.8. The number of hydrogen-bond acceptors (Lipinski definition) is 5. The summed E-state index contributed by atoms with van der Waals surface area (Å²) in [5.41, 5.74) is 8.93. The number of thioether (sulfide) groups is 1. The first-order chi connectivity index (χ1) is 12.1. The summed E-state index contributed by atoms with van der Waals surface area (Å²) in [4.78, 5) is 15.0. The normalized spacial score (nSPS) is 19.9. The number of nitrogens with two attached hydrogens (primary N) is 1. The number of aliphatic hydroxyl groups is 1. The average Bonchev–Trinajstić information content (AvgIpc) is 2.58. The van der Waals surface area contributed by atoms with Gasteiger partial charge in [0.05, 0.1) is 13.0 Å². The molecule has 1 aromatic carbocycles. The van der Waals surface area contributed by atoms with Crippen molar-refractivity contribution in [1.29, 1.82) is 0 Å². The molecule has 1 aliphatic carbocycles. The van der Waals surface area contributed by atoms with Gasteiger partial charge in [-0.1, -0.05) is 43.8 Å². The highest BCUT2D eigenvalue weighted by atomic mass is 32.2. The summed E-state index contributed by atoms with van der Waals surface area (Å²) in [6.45, 7) is 9.45. The maximum Gasteiger partial charge on any atom is 0.167 e. The van der Waals surface area contributed by atoms with Crippen LogP contribution < -0.4 is 5.73 Å². The van der Waals surface area contributed by atoms with Gasteiger partial charge in [0.2, 0.25) is 0 Å². The molecule has 0 saturated heterocycles. The molecule has 0 aromatic heterocycles. The summed E-state index contributed by atoms with van der Waals surface area (Å²) < 4.78 is 6.11. The minimum atomic E-state index is -1.08. The number of fused-ring (bicyclic) bond motifs is 1. The second kappa shape index (κ2) is 6.55. The lowest BCUT2D eigenvalue weighted by atomic mass is 9.83. The Hall–Kier alpha value is -1.56. The van der Waals surface area contributed by atoms with E-state index in [9.17, 15) is 9.90 Å². The van der Waals surface area contributed by atoms with Crippen LogP contribution in [0.15, 0.2) is 44.9 Å². The van der Waals surface area contributed by atoms with Crippen LogP contribution in [-0.4, -0.2) is 23.2 Å². The highest BCUT2D eigenvalue weighted by Crippen LogP contribution is 2.47. The van der Waals surface area contributed by atoms with Crippen LogP contribution in [0.25, 0.3) is 0 Å². The van der Waals surface area contributed by atoms with Crippen LogP contribution in [0.2, 0.25) is 0 Å². The summed E-state index contributed by atoms with van der Waals surface area (Å²) >= 11 is 1.65. The monoisotopic (exact) mass is 373 g/mol. The third kappa shape index (κ3) is 3.13. The molecule has 0 spiro atoms. The molecule has 0 amide bonds. The van der Waals surface area contributed by atoms with Crippen LogP contribution in [0.5, 0.6) is 0 Å². The van der Waals surface area contributed by atoms with Crippen molar-refractivity contribution < 1.29 is 14.6 Å². The highest BCUT2D eigenvalue weighted by Gasteiger charge is 2.42. The van der Waals surface area contributed by atoms with E-state index in [-0.39, 0.29) is 18.8 Å². The van der Waals surface area contributed by atoms with Gasteiger partial charge < -0.3 is 9.84 Å². The number of ether oxygens (including phenoxy) is 1. The van der Waals surface area contributed by atoms with Gasteiger partial charge in [0, 0.05) is 32.8 Å². The van der Waals surface area contributed by atoms with Crippen molar-refractivity contribution in [2.75, 3.05) is 6.61 Å². The molecule has 5 heteroatoms. The van der Waals surface area contributed by atoms with E-state index < -0.39 is 11.1 Å². The lowest BCUT2D eigenvalue weighted by Gasteiger charge is -2.41. The topological polar surface area (TPSA) is 72.6 Å². The number of hydrogen-bond donors (Lipinski definition) is 2. The van der Waals surface area contributed by atoms with Gasteiger partial charge in [-0.3, -0.25) is 10.5 Å². The van der Waals surface area contributed by atoms with E-state index in [2.05, 4.69) is 19.1 Å². The largest absolute Gasteiger partial charge is 0.476 e. The number of ketones is 1. The fourth-order valence-electron chi connectivity index (χ4n) is 3.14. The molecule has 0 fully saturated rings. The Morgan fingerprint density at radius 2 is 1.92 bits per heavy atom. The van der Waals surface area contributed by atoms with E-state index in [1.807, 2.05) is 26.8 Å². The molecule has 0 bridgehead atoms. The van der Waals surface area contributed by atoms with Gasteiger partial charge in [-0.25, -0.2) is 0 Å². The van der Waals surface area contributed by atoms with E-state index in [0.29, 0.717) is 12.2 Å². The molecule has 4 nitrogen and oxygen atoms in total. The number of allylic oxidation sites excluding steroid dienone is 3. The molecule has 1 aromatic rings. The molecule has 3 rings (SSSR count). The van der Waals surface area contributed by atoms with Gasteiger partial charge in [-0.05, 0) is 31.9 Å². The molecule has 0 saturated carbocycles. The van der Waals surface area contributed by atoms with Crippen molar-refractivity contribution in [2.24, 2.45) is 11.1 Å². The Labute approximate surface area is 159 Å². The average molecular weight is 374 g/mol. The van der Waals surface area contributed by atoms with Gasteiger partial charge in [0.25, 0.3) is 0 Å². The van der Waals surface area contributed by atoms with Gasteiger partial charge in [0.1, 0.15) is 5.76 Å². The fraction of sp³-hybridized carbons (Fsp3) is 0.476. The first-order valence-electron chi connectivity index (χ1n) is 8.89. The summed E-state index contributed by atoms with van der Waals surface area (Å²) in [6.07, 6.45) is 0.894. The third-order valence-electron chi connectivity index (χ3n) is 5.63. The predicted molar refractivity (Wildman–Crippen MR) is 105 cm³/mol. The molecule has 3 N–H and O–H groups in total. The minimum Gasteiger partial charge on any atom is -0.476 e. The van der Waals surface area contributed by atoms with Crippen molar-refractivity contribution >= 4 is 17.5 Å². The SMILES string of the molecule is CC1=C(OC(C)(N)C(C)(C)CO)CC(=O)C2=C1Sc1c(C)cccc1C2. The predicted octanol–water partition coefficient (Wildman–Crippen LogP) is 3.85. The Morgan fingerprint density at radius 3 is 2.58 bits per heavy atom. The summed E-state index contributed by atoms with van der Waals surface area (Å²) in [5, 5.41) is 9.65. The second-order valence-corrected chi connectivity index (χ2v) is 9.07. The summed E-state index contributed by atoms with van der Waals surface area (Å²) in [7, 11) is 0. The Morgan fingerprint density at radius 1 is 1.23 bits per heavy atom. The lowest BCUT2D eigenvalue weighted by Crippen LogP contribution is -2.54. The molecular weight excluding hydrogens is 346 g/mol. The van der Waals surface area contributed by atoms with Crippen molar-refractivity contribution in [3.63, 3.8) is 0 Å². The van der Waals surface area contributed by atoms with Gasteiger partial charge in [0.15, 0.2) is 11.5 Å². The van der Waals surface area contributed by atoms with E-state index in [4.69, 9.17) is 10.5 Å². The zero-order valence-electron chi connectivity index (χ0n) is 16.1. The molecule has 1 atom stereocenters. The van der Waals surface area contributed by atoms with Gasteiger partial charge in [-0.15, -0.1) is 0 Å². The van der Waals surface area contributed by atoms with E-state index >= 15 is 0 Å². The minimum absolute atomic E-state index is 0.0952. The number of carbonyl (C=O) groups is 1.